The number of sulfonamides is 1. The summed E-state index contributed by atoms with van der Waals surface area (Å²) in [5.74, 6) is -2.30. The standard InChI is InChI=1S/C12H17NO4S/c1-2-3-4-10-5-7-11(8-6-10)13-18(16,17)9-12(14)15/h5-8,13H,2-4,9H2,1H3,(H,14,15). The first kappa shape index (κ1) is 14.5. The van der Waals surface area contributed by atoms with Crippen LogP contribution in [-0.2, 0) is 21.2 Å². The fourth-order valence-electron chi connectivity index (χ4n) is 1.50. The molecule has 0 atom stereocenters. The molecule has 1 rings (SSSR count). The molecule has 6 heteroatoms. The lowest BCUT2D eigenvalue weighted by Gasteiger charge is -2.07. The lowest BCUT2D eigenvalue weighted by atomic mass is 10.1. The van der Waals surface area contributed by atoms with Gasteiger partial charge in [0.25, 0.3) is 0 Å². The van der Waals surface area contributed by atoms with Crippen LogP contribution in [0.25, 0.3) is 0 Å². The Hall–Kier alpha value is -1.56. The fourth-order valence-corrected chi connectivity index (χ4v) is 2.39. The van der Waals surface area contributed by atoms with Gasteiger partial charge in [0.1, 0.15) is 0 Å². The smallest absolute Gasteiger partial charge is 0.320 e. The van der Waals surface area contributed by atoms with Gasteiger partial charge in [-0.25, -0.2) is 8.42 Å². The number of hydrogen-bond acceptors (Lipinski definition) is 3. The maximum Gasteiger partial charge on any atom is 0.320 e. The molecule has 0 heterocycles. The van der Waals surface area contributed by atoms with Crippen LogP contribution in [0.3, 0.4) is 0 Å². The summed E-state index contributed by atoms with van der Waals surface area (Å²) in [5.41, 5.74) is 1.52. The van der Waals surface area contributed by atoms with Crippen molar-refractivity contribution in [2.45, 2.75) is 26.2 Å². The van der Waals surface area contributed by atoms with Crippen LogP contribution in [0.2, 0.25) is 0 Å². The summed E-state index contributed by atoms with van der Waals surface area (Å²) in [6.45, 7) is 2.11. The Morgan fingerprint density at radius 3 is 2.39 bits per heavy atom. The van der Waals surface area contributed by atoms with E-state index in [2.05, 4.69) is 11.6 Å². The van der Waals surface area contributed by atoms with Crippen LogP contribution in [0.4, 0.5) is 5.69 Å². The Bertz CT molecular complexity index is 493. The zero-order chi connectivity index (χ0) is 13.6. The van der Waals surface area contributed by atoms with Crippen LogP contribution in [0.1, 0.15) is 25.3 Å². The predicted octanol–water partition coefficient (Wildman–Crippen LogP) is 1.86. The average Bonchev–Trinajstić information content (AvgIpc) is 2.26. The van der Waals surface area contributed by atoms with E-state index >= 15 is 0 Å². The molecule has 0 bridgehead atoms. The largest absolute Gasteiger partial charge is 0.480 e. The molecule has 0 aromatic heterocycles. The van der Waals surface area contributed by atoms with Crippen molar-refractivity contribution in [1.29, 1.82) is 0 Å². The second-order valence-corrected chi connectivity index (χ2v) is 5.78. The Morgan fingerprint density at radius 1 is 1.28 bits per heavy atom. The molecule has 0 spiro atoms. The van der Waals surface area contributed by atoms with Gasteiger partial charge in [0.2, 0.25) is 10.0 Å². The summed E-state index contributed by atoms with van der Waals surface area (Å²) in [5, 5.41) is 8.45. The molecule has 5 nitrogen and oxygen atoms in total. The van der Waals surface area contributed by atoms with Crippen molar-refractivity contribution < 1.29 is 18.3 Å². The van der Waals surface area contributed by atoms with Crippen molar-refractivity contribution in [3.05, 3.63) is 29.8 Å². The molecule has 0 unspecified atom stereocenters. The highest BCUT2D eigenvalue weighted by Gasteiger charge is 2.15. The number of nitrogens with one attached hydrogen (secondary N) is 1. The Balaban J connectivity index is 2.66. The fraction of sp³-hybridized carbons (Fsp3) is 0.417. The third-order valence-electron chi connectivity index (χ3n) is 2.36. The first-order chi connectivity index (χ1) is 8.43. The highest BCUT2D eigenvalue weighted by molar-refractivity contribution is 7.93. The van der Waals surface area contributed by atoms with Crippen LogP contribution in [-0.4, -0.2) is 25.2 Å². The molecule has 1 aromatic carbocycles. The molecule has 100 valence electrons. The van der Waals surface area contributed by atoms with Crippen molar-refractivity contribution in [2.75, 3.05) is 10.5 Å². The van der Waals surface area contributed by atoms with Crippen LogP contribution in [0, 0.1) is 0 Å². The number of carboxylic acid groups (broad SMARTS) is 1. The molecule has 0 saturated carbocycles. The van der Waals surface area contributed by atoms with Gasteiger partial charge in [-0.15, -0.1) is 0 Å². The number of aliphatic carboxylic acids is 1. The minimum Gasteiger partial charge on any atom is -0.480 e. The van der Waals surface area contributed by atoms with Gasteiger partial charge >= 0.3 is 5.97 Å². The lowest BCUT2D eigenvalue weighted by molar-refractivity contribution is -0.134. The molecule has 0 radical (unpaired) electrons. The number of benzene rings is 1. The highest BCUT2D eigenvalue weighted by atomic mass is 32.2. The summed E-state index contributed by atoms with van der Waals surface area (Å²) in [6.07, 6.45) is 3.15. The normalized spacial score (nSPS) is 11.2. The van der Waals surface area contributed by atoms with Gasteiger partial charge in [-0.1, -0.05) is 25.5 Å². The SMILES string of the molecule is CCCCc1ccc(NS(=O)(=O)CC(=O)O)cc1. The van der Waals surface area contributed by atoms with E-state index < -0.39 is 21.7 Å². The molecule has 2 N–H and O–H groups in total. The zero-order valence-corrected chi connectivity index (χ0v) is 11.0. The van der Waals surface area contributed by atoms with Crippen LogP contribution in [0.15, 0.2) is 24.3 Å². The van der Waals surface area contributed by atoms with E-state index in [4.69, 9.17) is 5.11 Å². The number of rotatable bonds is 7. The molecule has 0 fully saturated rings. The van der Waals surface area contributed by atoms with E-state index in [1.807, 2.05) is 12.1 Å². The lowest BCUT2D eigenvalue weighted by Crippen LogP contribution is -2.22. The van der Waals surface area contributed by atoms with Crippen LogP contribution < -0.4 is 4.72 Å². The van der Waals surface area contributed by atoms with Crippen molar-refractivity contribution in [3.8, 4) is 0 Å². The molecule has 0 amide bonds. The van der Waals surface area contributed by atoms with E-state index in [1.165, 1.54) is 0 Å². The molecular weight excluding hydrogens is 254 g/mol. The van der Waals surface area contributed by atoms with Gasteiger partial charge in [0.05, 0.1) is 0 Å². The van der Waals surface area contributed by atoms with Crippen molar-refractivity contribution in [1.82, 2.24) is 0 Å². The number of aryl methyl sites for hydroxylation is 1. The molecule has 18 heavy (non-hydrogen) atoms. The summed E-state index contributed by atoms with van der Waals surface area (Å²) < 4.78 is 25.0. The molecule has 0 saturated heterocycles. The molecular formula is C12H17NO4S. The molecule has 0 aliphatic heterocycles. The number of unbranched alkanes of at least 4 members (excludes halogenated alkanes) is 1. The summed E-state index contributed by atoms with van der Waals surface area (Å²) >= 11 is 0. The van der Waals surface area contributed by atoms with Gasteiger partial charge in [-0.3, -0.25) is 9.52 Å². The van der Waals surface area contributed by atoms with E-state index in [9.17, 15) is 13.2 Å². The molecule has 0 aliphatic rings. The van der Waals surface area contributed by atoms with Gasteiger partial charge in [-0.2, -0.15) is 0 Å². The number of carboxylic acids is 1. The Labute approximate surface area is 107 Å². The summed E-state index contributed by atoms with van der Waals surface area (Å²) in [4.78, 5) is 10.4. The first-order valence-corrected chi connectivity index (χ1v) is 7.39. The van der Waals surface area contributed by atoms with Crippen molar-refractivity contribution in [3.63, 3.8) is 0 Å². The maximum absolute atomic E-state index is 11.4. The van der Waals surface area contributed by atoms with Crippen molar-refractivity contribution >= 4 is 21.7 Å². The summed E-state index contributed by atoms with van der Waals surface area (Å²) in [7, 11) is -3.81. The maximum atomic E-state index is 11.4. The Kier molecular flexibility index (Phi) is 5.15. The second-order valence-electron chi connectivity index (χ2n) is 4.06. The minimum absolute atomic E-state index is 0.386. The van der Waals surface area contributed by atoms with E-state index in [1.54, 1.807) is 12.1 Å². The van der Waals surface area contributed by atoms with Gasteiger partial charge in [-0.05, 0) is 30.5 Å². The predicted molar refractivity (Wildman–Crippen MR) is 70.1 cm³/mol. The van der Waals surface area contributed by atoms with E-state index in [0.29, 0.717) is 5.69 Å². The first-order valence-electron chi connectivity index (χ1n) is 5.74. The number of anilines is 1. The van der Waals surface area contributed by atoms with Crippen LogP contribution >= 0.6 is 0 Å². The summed E-state index contributed by atoms with van der Waals surface area (Å²) in [6, 6.07) is 6.97. The van der Waals surface area contributed by atoms with Crippen LogP contribution in [0.5, 0.6) is 0 Å². The molecule has 0 aliphatic carbocycles. The Morgan fingerprint density at radius 2 is 1.89 bits per heavy atom. The monoisotopic (exact) mass is 271 g/mol. The third kappa shape index (κ3) is 5.18. The topological polar surface area (TPSA) is 83.5 Å². The van der Waals surface area contributed by atoms with E-state index in [-0.39, 0.29) is 0 Å². The zero-order valence-electron chi connectivity index (χ0n) is 10.2. The van der Waals surface area contributed by atoms with E-state index in [0.717, 1.165) is 24.8 Å². The third-order valence-corrected chi connectivity index (χ3v) is 3.53. The quantitative estimate of drug-likeness (QED) is 0.792. The average molecular weight is 271 g/mol. The van der Waals surface area contributed by atoms with Gasteiger partial charge < -0.3 is 5.11 Å². The number of hydrogen-bond donors (Lipinski definition) is 2. The second kappa shape index (κ2) is 6.39. The highest BCUT2D eigenvalue weighted by Crippen LogP contribution is 2.13. The molecule has 1 aromatic rings. The van der Waals surface area contributed by atoms with Crippen molar-refractivity contribution in [2.24, 2.45) is 0 Å². The van der Waals surface area contributed by atoms with Gasteiger partial charge in [0.15, 0.2) is 5.75 Å². The number of carbonyl (C=O) groups is 1. The van der Waals surface area contributed by atoms with Gasteiger partial charge in [0, 0.05) is 5.69 Å². The minimum atomic E-state index is -3.81.